The van der Waals surface area contributed by atoms with Gasteiger partial charge < -0.3 is 4.57 Å². The molecule has 0 spiro atoms. The van der Waals surface area contributed by atoms with Crippen LogP contribution in [0.15, 0.2) is 218 Å². The molecule has 4 nitrogen and oxygen atoms in total. The summed E-state index contributed by atoms with van der Waals surface area (Å²) in [5.41, 5.74) is 15.0. The van der Waals surface area contributed by atoms with E-state index in [2.05, 4.69) is 211 Å². The predicted molar refractivity (Wildman–Crippen MR) is 254 cm³/mol. The lowest BCUT2D eigenvalue weighted by Crippen LogP contribution is -1.95. The summed E-state index contributed by atoms with van der Waals surface area (Å²) in [5.74, 6) is 0.709. The van der Waals surface area contributed by atoms with Gasteiger partial charge in [-0.05, 0) is 70.8 Å². The molecule has 61 heavy (non-hydrogen) atoms. The molecule has 4 heteroatoms. The molecule has 0 atom stereocenters. The Labute approximate surface area is 352 Å². The van der Waals surface area contributed by atoms with Crippen LogP contribution >= 0.6 is 0 Å². The molecule has 284 valence electrons. The van der Waals surface area contributed by atoms with Gasteiger partial charge in [0, 0.05) is 54.7 Å². The van der Waals surface area contributed by atoms with Gasteiger partial charge in [-0.2, -0.15) is 0 Å². The highest BCUT2D eigenvalue weighted by atomic mass is 15.0. The Morgan fingerprint density at radius 1 is 0.279 bits per heavy atom. The minimum absolute atomic E-state index is 0.709. The summed E-state index contributed by atoms with van der Waals surface area (Å²) < 4.78 is 2.39. The highest BCUT2D eigenvalue weighted by Crippen LogP contribution is 2.43. The number of aromatic nitrogens is 4. The number of para-hydroxylation sites is 4. The Morgan fingerprint density at radius 2 is 0.820 bits per heavy atom. The first-order valence-electron chi connectivity index (χ1n) is 20.7. The van der Waals surface area contributed by atoms with Crippen LogP contribution in [0.3, 0.4) is 0 Å². The molecule has 0 radical (unpaired) electrons. The molecule has 3 aromatic heterocycles. The Bertz CT molecular complexity index is 3630. The number of nitrogens with zero attached hydrogens (tertiary/aromatic N) is 4. The lowest BCUT2D eigenvalue weighted by molar-refractivity contribution is 1.18. The van der Waals surface area contributed by atoms with E-state index >= 15 is 0 Å². The fourth-order valence-electron chi connectivity index (χ4n) is 9.14. The molecular weight excluding hydrogens is 741 g/mol. The van der Waals surface area contributed by atoms with E-state index in [1.165, 1.54) is 32.8 Å². The zero-order valence-electron chi connectivity index (χ0n) is 33.1. The fourth-order valence-corrected chi connectivity index (χ4v) is 9.14. The SMILES string of the molecule is c1ccc(-c2cccc(-c3nc(-c4ccc(-c5cccc(-c6nc7ccccc7c7c6ccc6c7c7ccccc7n6-c6ccccc6)c5)cc4)c4ccccc4n3)c2)cc1. The molecule has 3 heterocycles. The summed E-state index contributed by atoms with van der Waals surface area (Å²) >= 11 is 0. The normalized spacial score (nSPS) is 11.6. The largest absolute Gasteiger partial charge is 0.309 e. The number of rotatable bonds is 6. The van der Waals surface area contributed by atoms with Gasteiger partial charge in [0.25, 0.3) is 0 Å². The predicted octanol–water partition coefficient (Wildman–Crippen LogP) is 14.8. The zero-order valence-corrected chi connectivity index (χ0v) is 33.1. The van der Waals surface area contributed by atoms with Gasteiger partial charge in [0.15, 0.2) is 5.82 Å². The van der Waals surface area contributed by atoms with Crippen molar-refractivity contribution in [1.29, 1.82) is 0 Å². The van der Waals surface area contributed by atoms with E-state index in [1.54, 1.807) is 0 Å². The van der Waals surface area contributed by atoms with Crippen LogP contribution in [0, 0.1) is 0 Å². The topological polar surface area (TPSA) is 43.6 Å². The fraction of sp³-hybridized carbons (Fsp3) is 0. The van der Waals surface area contributed by atoms with Crippen molar-refractivity contribution < 1.29 is 0 Å². The van der Waals surface area contributed by atoms with E-state index in [0.717, 1.165) is 77.6 Å². The molecule has 9 aromatic carbocycles. The zero-order chi connectivity index (χ0) is 40.3. The summed E-state index contributed by atoms with van der Waals surface area (Å²) in [6.45, 7) is 0. The number of hydrogen-bond acceptors (Lipinski definition) is 3. The monoisotopic (exact) mass is 776 g/mol. The smallest absolute Gasteiger partial charge is 0.160 e. The molecule has 0 amide bonds. The van der Waals surface area contributed by atoms with Gasteiger partial charge in [0.1, 0.15) is 0 Å². The van der Waals surface area contributed by atoms with Gasteiger partial charge >= 0.3 is 0 Å². The third kappa shape index (κ3) is 5.88. The van der Waals surface area contributed by atoms with Crippen molar-refractivity contribution in [3.63, 3.8) is 0 Å². The Hall–Kier alpha value is -8.21. The van der Waals surface area contributed by atoms with E-state index in [4.69, 9.17) is 15.0 Å². The molecule has 12 rings (SSSR count). The number of hydrogen-bond donors (Lipinski definition) is 0. The van der Waals surface area contributed by atoms with Crippen LogP contribution in [0.4, 0.5) is 0 Å². The van der Waals surface area contributed by atoms with Crippen molar-refractivity contribution in [3.8, 4) is 61.8 Å². The summed E-state index contributed by atoms with van der Waals surface area (Å²) in [6, 6.07) is 77.3. The van der Waals surface area contributed by atoms with Gasteiger partial charge in [-0.15, -0.1) is 0 Å². The van der Waals surface area contributed by atoms with Crippen LogP contribution in [-0.4, -0.2) is 19.5 Å². The van der Waals surface area contributed by atoms with Crippen LogP contribution in [0.5, 0.6) is 0 Å². The maximum atomic E-state index is 5.38. The van der Waals surface area contributed by atoms with Crippen LogP contribution in [-0.2, 0) is 0 Å². The van der Waals surface area contributed by atoms with Gasteiger partial charge in [-0.3, -0.25) is 0 Å². The first-order chi connectivity index (χ1) is 30.2. The van der Waals surface area contributed by atoms with Crippen LogP contribution in [0.1, 0.15) is 0 Å². The van der Waals surface area contributed by atoms with E-state index in [-0.39, 0.29) is 0 Å². The molecule has 0 bridgehead atoms. The second-order valence-corrected chi connectivity index (χ2v) is 15.6. The molecule has 0 fully saturated rings. The quantitative estimate of drug-likeness (QED) is 0.158. The molecule has 0 saturated heterocycles. The lowest BCUT2D eigenvalue weighted by atomic mass is 9.94. The molecule has 0 N–H and O–H groups in total. The first-order valence-corrected chi connectivity index (χ1v) is 20.7. The average Bonchev–Trinajstić information content (AvgIpc) is 3.68. The number of fused-ring (bicyclic) bond motifs is 8. The van der Waals surface area contributed by atoms with Gasteiger partial charge in [0.05, 0.1) is 33.5 Å². The first kappa shape index (κ1) is 34.8. The average molecular weight is 777 g/mol. The summed E-state index contributed by atoms with van der Waals surface area (Å²) in [5, 5.41) is 7.01. The van der Waals surface area contributed by atoms with Crippen LogP contribution in [0.2, 0.25) is 0 Å². The van der Waals surface area contributed by atoms with Crippen LogP contribution < -0.4 is 0 Å². The van der Waals surface area contributed by atoms with Crippen molar-refractivity contribution in [2.24, 2.45) is 0 Å². The van der Waals surface area contributed by atoms with Crippen molar-refractivity contribution in [2.45, 2.75) is 0 Å². The Kier molecular flexibility index (Phi) is 8.13. The molecule has 12 aromatic rings. The highest BCUT2D eigenvalue weighted by molar-refractivity contribution is 6.29. The lowest BCUT2D eigenvalue weighted by Gasteiger charge is -2.14. The van der Waals surface area contributed by atoms with E-state index in [0.29, 0.717) is 5.82 Å². The third-order valence-corrected chi connectivity index (χ3v) is 12.0. The van der Waals surface area contributed by atoms with Gasteiger partial charge in [-0.25, -0.2) is 15.0 Å². The molecule has 0 aliphatic rings. The van der Waals surface area contributed by atoms with E-state index in [1.807, 2.05) is 12.1 Å². The van der Waals surface area contributed by atoms with Crippen LogP contribution in [0.25, 0.3) is 116 Å². The second-order valence-electron chi connectivity index (χ2n) is 15.6. The Morgan fingerprint density at radius 3 is 1.59 bits per heavy atom. The molecular formula is C57H36N4. The standard InChI is InChI=1S/C57H36N4/c1-3-15-37(16-4-1)41-18-14-20-43(36-41)57-59-50-27-11-8-24-46(50)55(60-57)39-31-29-38(30-32-39)40-17-13-19-42(35-40)56-48-33-34-52-54(53(48)45-23-7-10-26-49(45)58-56)47-25-9-12-28-51(47)61(52)44-21-5-2-6-22-44/h1-36H. The Balaban J connectivity index is 0.969. The molecule has 0 aliphatic heterocycles. The second kappa shape index (κ2) is 14.3. The number of benzene rings is 9. The number of pyridine rings is 1. The molecule has 0 unspecified atom stereocenters. The summed E-state index contributed by atoms with van der Waals surface area (Å²) in [7, 11) is 0. The van der Waals surface area contributed by atoms with Crippen molar-refractivity contribution in [1.82, 2.24) is 19.5 Å². The molecule has 0 saturated carbocycles. The molecule has 0 aliphatic carbocycles. The minimum Gasteiger partial charge on any atom is -0.309 e. The summed E-state index contributed by atoms with van der Waals surface area (Å²) in [4.78, 5) is 15.6. The van der Waals surface area contributed by atoms with Crippen molar-refractivity contribution in [3.05, 3.63) is 218 Å². The highest BCUT2D eigenvalue weighted by Gasteiger charge is 2.20. The van der Waals surface area contributed by atoms with Crippen molar-refractivity contribution in [2.75, 3.05) is 0 Å². The van der Waals surface area contributed by atoms with E-state index < -0.39 is 0 Å². The van der Waals surface area contributed by atoms with Crippen molar-refractivity contribution >= 4 is 54.4 Å². The maximum absolute atomic E-state index is 5.38. The minimum atomic E-state index is 0.709. The van der Waals surface area contributed by atoms with E-state index in [9.17, 15) is 0 Å². The van der Waals surface area contributed by atoms with Gasteiger partial charge in [0.2, 0.25) is 0 Å². The third-order valence-electron chi connectivity index (χ3n) is 12.0. The maximum Gasteiger partial charge on any atom is 0.160 e. The summed E-state index contributed by atoms with van der Waals surface area (Å²) in [6.07, 6.45) is 0. The van der Waals surface area contributed by atoms with Gasteiger partial charge in [-0.1, -0.05) is 170 Å².